The quantitative estimate of drug-likeness (QED) is 0.920. The summed E-state index contributed by atoms with van der Waals surface area (Å²) in [5.74, 6) is 1.36. The van der Waals surface area contributed by atoms with Crippen molar-refractivity contribution in [2.75, 3.05) is 14.2 Å². The Morgan fingerprint density at radius 3 is 2.55 bits per heavy atom. The number of methoxy groups -OCH3 is 2. The Labute approximate surface area is 123 Å². The predicted octanol–water partition coefficient (Wildman–Crippen LogP) is 3.05. The van der Waals surface area contributed by atoms with E-state index in [1.165, 1.54) is 4.88 Å². The molecule has 5 heteroatoms. The van der Waals surface area contributed by atoms with Crippen LogP contribution in [0.1, 0.15) is 27.2 Å². The highest BCUT2D eigenvalue weighted by atomic mass is 32.1. The van der Waals surface area contributed by atoms with Crippen molar-refractivity contribution < 1.29 is 14.6 Å². The zero-order valence-corrected chi connectivity index (χ0v) is 13.0. The lowest BCUT2D eigenvalue weighted by Gasteiger charge is -2.15. The van der Waals surface area contributed by atoms with Gasteiger partial charge in [0, 0.05) is 16.9 Å². The number of aliphatic hydroxyl groups is 1. The number of ether oxygens (including phenoxy) is 2. The van der Waals surface area contributed by atoms with Gasteiger partial charge in [-0.1, -0.05) is 0 Å². The van der Waals surface area contributed by atoms with E-state index in [1.54, 1.807) is 37.7 Å². The maximum absolute atomic E-state index is 10.4. The van der Waals surface area contributed by atoms with Crippen molar-refractivity contribution in [2.45, 2.75) is 26.4 Å². The molecule has 0 radical (unpaired) electrons. The molecule has 20 heavy (non-hydrogen) atoms. The normalized spacial score (nSPS) is 12.2. The minimum absolute atomic E-state index is 0.475. The van der Waals surface area contributed by atoms with Gasteiger partial charge < -0.3 is 14.6 Å². The lowest BCUT2D eigenvalue weighted by molar-refractivity contribution is 0.173. The summed E-state index contributed by atoms with van der Waals surface area (Å²) >= 11 is 1.62. The van der Waals surface area contributed by atoms with Gasteiger partial charge in [0.2, 0.25) is 0 Å². The predicted molar refractivity (Wildman–Crippen MR) is 79.8 cm³/mol. The Morgan fingerprint density at radius 1 is 1.25 bits per heavy atom. The number of rotatable bonds is 5. The molecule has 1 N–H and O–H groups in total. The first kappa shape index (κ1) is 14.8. The van der Waals surface area contributed by atoms with Gasteiger partial charge in [-0.3, -0.25) is 0 Å². The largest absolute Gasteiger partial charge is 0.497 e. The van der Waals surface area contributed by atoms with Crippen LogP contribution in [0.25, 0.3) is 0 Å². The first-order valence-electron chi connectivity index (χ1n) is 6.38. The van der Waals surface area contributed by atoms with E-state index in [0.717, 1.165) is 16.3 Å². The topological polar surface area (TPSA) is 51.6 Å². The fraction of sp³-hybridized carbons (Fsp3) is 0.400. The van der Waals surface area contributed by atoms with Crippen LogP contribution in [0.2, 0.25) is 0 Å². The van der Waals surface area contributed by atoms with Crippen LogP contribution >= 0.6 is 11.3 Å². The zero-order chi connectivity index (χ0) is 14.7. The average molecular weight is 293 g/mol. The summed E-state index contributed by atoms with van der Waals surface area (Å²) in [6, 6.07) is 5.42. The lowest BCUT2D eigenvalue weighted by atomic mass is 10.1. The summed E-state index contributed by atoms with van der Waals surface area (Å²) in [4.78, 5) is 5.65. The molecule has 0 saturated heterocycles. The van der Waals surface area contributed by atoms with E-state index in [-0.39, 0.29) is 0 Å². The summed E-state index contributed by atoms with van der Waals surface area (Å²) in [6.07, 6.45) is -0.187. The number of thiazole rings is 1. The van der Waals surface area contributed by atoms with Crippen molar-refractivity contribution in [2.24, 2.45) is 0 Å². The van der Waals surface area contributed by atoms with Crippen molar-refractivity contribution in [3.05, 3.63) is 39.3 Å². The van der Waals surface area contributed by atoms with E-state index in [1.807, 2.05) is 19.9 Å². The lowest BCUT2D eigenvalue weighted by Crippen LogP contribution is -2.04. The molecule has 0 amide bonds. The number of aromatic nitrogens is 1. The molecule has 0 aliphatic heterocycles. The van der Waals surface area contributed by atoms with Crippen LogP contribution in [-0.2, 0) is 6.42 Å². The molecule has 108 valence electrons. The smallest absolute Gasteiger partial charge is 0.124 e. The van der Waals surface area contributed by atoms with Gasteiger partial charge >= 0.3 is 0 Å². The number of nitrogens with zero attached hydrogens (tertiary/aromatic N) is 1. The van der Waals surface area contributed by atoms with Crippen molar-refractivity contribution in [1.29, 1.82) is 0 Å². The fourth-order valence-electron chi connectivity index (χ4n) is 2.00. The summed E-state index contributed by atoms with van der Waals surface area (Å²) in [7, 11) is 3.20. The van der Waals surface area contributed by atoms with Gasteiger partial charge in [0.1, 0.15) is 11.5 Å². The molecule has 0 saturated carbocycles. The van der Waals surface area contributed by atoms with Crippen molar-refractivity contribution in [3.8, 4) is 11.5 Å². The van der Waals surface area contributed by atoms with Gasteiger partial charge in [0.15, 0.2) is 0 Å². The van der Waals surface area contributed by atoms with Crippen molar-refractivity contribution in [1.82, 2.24) is 4.98 Å². The Morgan fingerprint density at radius 2 is 2.00 bits per heavy atom. The number of benzene rings is 1. The fourth-order valence-corrected chi connectivity index (χ4v) is 2.97. The zero-order valence-electron chi connectivity index (χ0n) is 12.1. The minimum Gasteiger partial charge on any atom is -0.497 e. The molecule has 0 bridgehead atoms. The van der Waals surface area contributed by atoms with Crippen molar-refractivity contribution in [3.63, 3.8) is 0 Å². The van der Waals surface area contributed by atoms with Crippen molar-refractivity contribution >= 4 is 11.3 Å². The van der Waals surface area contributed by atoms with Gasteiger partial charge in [0.05, 0.1) is 31.0 Å². The number of aliphatic hydroxyl groups excluding tert-OH is 1. The van der Waals surface area contributed by atoms with E-state index >= 15 is 0 Å². The molecular formula is C15H19NO3S. The van der Waals surface area contributed by atoms with Crippen LogP contribution < -0.4 is 9.47 Å². The Kier molecular flexibility index (Phi) is 4.62. The Balaban J connectivity index is 2.25. The first-order chi connectivity index (χ1) is 9.55. The Bertz CT molecular complexity index is 575. The third-order valence-electron chi connectivity index (χ3n) is 3.24. The highest BCUT2D eigenvalue weighted by Gasteiger charge is 2.17. The van der Waals surface area contributed by atoms with Crippen LogP contribution in [0.5, 0.6) is 11.5 Å². The highest BCUT2D eigenvalue weighted by molar-refractivity contribution is 7.11. The summed E-state index contributed by atoms with van der Waals surface area (Å²) in [5.41, 5.74) is 1.74. The van der Waals surface area contributed by atoms with Crippen LogP contribution in [0.4, 0.5) is 0 Å². The summed E-state index contributed by atoms with van der Waals surface area (Å²) in [6.45, 7) is 4.02. The van der Waals surface area contributed by atoms with Crippen LogP contribution in [0.3, 0.4) is 0 Å². The molecule has 0 fully saturated rings. The van der Waals surface area contributed by atoms with E-state index in [2.05, 4.69) is 4.98 Å². The van der Waals surface area contributed by atoms with Gasteiger partial charge in [0.25, 0.3) is 0 Å². The molecule has 4 nitrogen and oxygen atoms in total. The number of aryl methyl sites for hydroxylation is 2. The second kappa shape index (κ2) is 6.24. The van der Waals surface area contributed by atoms with E-state index < -0.39 is 6.10 Å². The standard InChI is InChI=1S/C15H19NO3S/c1-9-10(2)20-15(16-9)8-13(17)12-7-11(18-3)5-6-14(12)19-4/h5-7,13,17H,8H2,1-4H3. The molecule has 1 aromatic carbocycles. The summed E-state index contributed by atoms with van der Waals surface area (Å²) in [5, 5.41) is 11.4. The molecule has 1 heterocycles. The third kappa shape index (κ3) is 3.11. The van der Waals surface area contributed by atoms with E-state index in [4.69, 9.17) is 9.47 Å². The van der Waals surface area contributed by atoms with E-state index in [9.17, 15) is 5.11 Å². The maximum Gasteiger partial charge on any atom is 0.124 e. The second-order valence-corrected chi connectivity index (χ2v) is 5.86. The highest BCUT2D eigenvalue weighted by Crippen LogP contribution is 2.32. The SMILES string of the molecule is COc1ccc(OC)c(C(O)Cc2nc(C)c(C)s2)c1. The Hall–Kier alpha value is -1.59. The minimum atomic E-state index is -0.662. The molecule has 0 aliphatic rings. The molecule has 1 unspecified atom stereocenters. The average Bonchev–Trinajstić information content (AvgIpc) is 2.76. The van der Waals surface area contributed by atoms with Crippen LogP contribution in [0, 0.1) is 13.8 Å². The second-order valence-electron chi connectivity index (χ2n) is 4.58. The van der Waals surface area contributed by atoms with Gasteiger partial charge in [-0.15, -0.1) is 11.3 Å². The maximum atomic E-state index is 10.4. The van der Waals surface area contributed by atoms with E-state index in [0.29, 0.717) is 17.9 Å². The third-order valence-corrected chi connectivity index (χ3v) is 4.33. The van der Waals surface area contributed by atoms with Gasteiger partial charge in [-0.2, -0.15) is 0 Å². The number of hydrogen-bond donors (Lipinski definition) is 1. The molecule has 0 aliphatic carbocycles. The first-order valence-corrected chi connectivity index (χ1v) is 7.19. The molecule has 2 rings (SSSR count). The number of hydrogen-bond acceptors (Lipinski definition) is 5. The van der Waals surface area contributed by atoms with Crippen LogP contribution in [0.15, 0.2) is 18.2 Å². The van der Waals surface area contributed by atoms with Gasteiger partial charge in [-0.05, 0) is 32.0 Å². The van der Waals surface area contributed by atoms with Crippen LogP contribution in [-0.4, -0.2) is 24.3 Å². The molecule has 2 aromatic rings. The summed E-state index contributed by atoms with van der Waals surface area (Å²) < 4.78 is 10.5. The molecular weight excluding hydrogens is 274 g/mol. The van der Waals surface area contributed by atoms with Gasteiger partial charge in [-0.25, -0.2) is 4.98 Å². The monoisotopic (exact) mass is 293 g/mol. The molecule has 1 atom stereocenters. The molecule has 0 spiro atoms. The molecule has 1 aromatic heterocycles.